The molecule has 0 spiro atoms. The van der Waals surface area contributed by atoms with Gasteiger partial charge in [-0.3, -0.25) is 0 Å². The van der Waals surface area contributed by atoms with E-state index in [2.05, 4.69) is 58.9 Å². The van der Waals surface area contributed by atoms with Crippen LogP contribution < -0.4 is 20.9 Å². The van der Waals surface area contributed by atoms with Crippen molar-refractivity contribution in [2.75, 3.05) is 49.1 Å². The van der Waals surface area contributed by atoms with Gasteiger partial charge in [-0.05, 0) is 93.3 Å². The van der Waals surface area contributed by atoms with Gasteiger partial charge in [0.05, 0.1) is 0 Å². The molecular weight excluding hydrogens is 524 g/mol. The molecule has 0 unspecified atom stereocenters. The summed E-state index contributed by atoms with van der Waals surface area (Å²) >= 11 is 5.32. The number of nitrogens with zero attached hydrogens (tertiary/aromatic N) is 8. The molecule has 3 aromatic heterocycles. The Morgan fingerprint density at radius 3 is 1.35 bits per heavy atom. The number of halogens is 1. The standard InChI is InChI=1S/C10H15N3.C9H14N4.C6H13N.C4H3ClN2/c1-9-3-7-13(8-4-9)10-11-5-2-6-12-10;10-8-2-6-13(7-3-8)9-11-4-1-5-12-9;1-6-2-4-7-5-3-6;5-4-6-2-1-3-7-4/h2,5-6,9H,3-4,7-8H2,1H3;1,4-5,8H,2-3,6-7,10H2;6-7H,2-5H2,1H3;1-3H. The second-order valence-electron chi connectivity index (χ2n) is 10.5. The molecule has 218 valence electrons. The highest BCUT2D eigenvalue weighted by atomic mass is 35.5. The first-order valence-electron chi connectivity index (χ1n) is 14.4. The highest BCUT2D eigenvalue weighted by molar-refractivity contribution is 6.28. The number of anilines is 2. The molecule has 0 amide bonds. The zero-order chi connectivity index (χ0) is 28.4. The van der Waals surface area contributed by atoms with Gasteiger partial charge in [-0.2, -0.15) is 0 Å². The molecule has 0 atom stereocenters. The van der Waals surface area contributed by atoms with Gasteiger partial charge in [-0.15, -0.1) is 0 Å². The van der Waals surface area contributed by atoms with E-state index in [1.807, 2.05) is 12.1 Å². The lowest BCUT2D eigenvalue weighted by atomic mass is 10.00. The van der Waals surface area contributed by atoms with Crippen molar-refractivity contribution >= 4 is 23.5 Å². The van der Waals surface area contributed by atoms with Gasteiger partial charge >= 0.3 is 0 Å². The van der Waals surface area contributed by atoms with E-state index in [-0.39, 0.29) is 0 Å². The Kier molecular flexibility index (Phi) is 14.5. The van der Waals surface area contributed by atoms with Crippen LogP contribution in [0.3, 0.4) is 0 Å². The fourth-order valence-corrected chi connectivity index (χ4v) is 4.58. The lowest BCUT2D eigenvalue weighted by Crippen LogP contribution is -2.40. The summed E-state index contributed by atoms with van der Waals surface area (Å²) in [4.78, 5) is 28.6. The zero-order valence-corrected chi connectivity index (χ0v) is 24.7. The van der Waals surface area contributed by atoms with Crippen LogP contribution in [0, 0.1) is 11.8 Å². The van der Waals surface area contributed by atoms with Gasteiger partial charge < -0.3 is 20.9 Å². The van der Waals surface area contributed by atoms with Crippen molar-refractivity contribution in [2.45, 2.75) is 58.4 Å². The highest BCUT2D eigenvalue weighted by Crippen LogP contribution is 2.19. The number of hydrogen-bond donors (Lipinski definition) is 2. The van der Waals surface area contributed by atoms with Crippen molar-refractivity contribution in [3.8, 4) is 0 Å². The first-order chi connectivity index (χ1) is 19.5. The second kappa shape index (κ2) is 18.4. The molecular formula is C29H45ClN10. The highest BCUT2D eigenvalue weighted by Gasteiger charge is 2.18. The quantitative estimate of drug-likeness (QED) is 0.434. The van der Waals surface area contributed by atoms with Crippen LogP contribution >= 0.6 is 11.6 Å². The third-order valence-electron chi connectivity index (χ3n) is 7.16. The number of hydrogen-bond acceptors (Lipinski definition) is 10. The van der Waals surface area contributed by atoms with Crippen LogP contribution in [0.4, 0.5) is 11.9 Å². The molecule has 6 heterocycles. The summed E-state index contributed by atoms with van der Waals surface area (Å²) in [6.07, 6.45) is 17.7. The van der Waals surface area contributed by atoms with E-state index in [1.165, 1.54) is 38.8 Å². The van der Waals surface area contributed by atoms with Gasteiger partial charge in [0.1, 0.15) is 0 Å². The minimum absolute atomic E-state index is 0.294. The summed E-state index contributed by atoms with van der Waals surface area (Å²) < 4.78 is 0. The molecule has 3 N–H and O–H groups in total. The number of aromatic nitrogens is 6. The van der Waals surface area contributed by atoms with E-state index < -0.39 is 0 Å². The molecule has 3 saturated heterocycles. The second-order valence-corrected chi connectivity index (χ2v) is 10.9. The molecule has 40 heavy (non-hydrogen) atoms. The minimum atomic E-state index is 0.294. The van der Waals surface area contributed by atoms with Crippen molar-refractivity contribution in [3.63, 3.8) is 0 Å². The van der Waals surface area contributed by atoms with Crippen LogP contribution in [-0.4, -0.2) is 75.2 Å². The summed E-state index contributed by atoms with van der Waals surface area (Å²) in [5.74, 6) is 3.55. The van der Waals surface area contributed by atoms with Crippen LogP contribution in [0.2, 0.25) is 5.28 Å². The smallest absolute Gasteiger partial charge is 0.225 e. The summed E-state index contributed by atoms with van der Waals surface area (Å²) in [6.45, 7) is 11.3. The van der Waals surface area contributed by atoms with Gasteiger partial charge in [0.15, 0.2) is 0 Å². The molecule has 0 aromatic carbocycles. The van der Waals surface area contributed by atoms with E-state index >= 15 is 0 Å². The molecule has 11 heteroatoms. The molecule has 3 aliphatic rings. The number of nitrogens with one attached hydrogen (secondary N) is 1. The Balaban J connectivity index is 0.000000153. The average molecular weight is 569 g/mol. The Bertz CT molecular complexity index is 951. The normalized spacial score (nSPS) is 18.3. The maximum atomic E-state index is 5.81. The van der Waals surface area contributed by atoms with E-state index in [1.54, 1.807) is 43.2 Å². The first kappa shape index (κ1) is 31.6. The van der Waals surface area contributed by atoms with Crippen LogP contribution in [0.5, 0.6) is 0 Å². The minimum Gasteiger partial charge on any atom is -0.341 e. The van der Waals surface area contributed by atoms with E-state index in [0.29, 0.717) is 11.3 Å². The predicted molar refractivity (Wildman–Crippen MR) is 162 cm³/mol. The van der Waals surface area contributed by atoms with Crippen molar-refractivity contribution < 1.29 is 0 Å². The van der Waals surface area contributed by atoms with Gasteiger partial charge in [-0.1, -0.05) is 13.8 Å². The topological polar surface area (TPSA) is 122 Å². The third-order valence-corrected chi connectivity index (χ3v) is 7.35. The Labute approximate surface area is 244 Å². The molecule has 3 fully saturated rings. The molecule has 10 nitrogen and oxygen atoms in total. The number of nitrogens with two attached hydrogens (primary N) is 1. The molecule has 0 radical (unpaired) electrons. The Morgan fingerprint density at radius 1 is 0.625 bits per heavy atom. The summed E-state index contributed by atoms with van der Waals surface area (Å²) in [7, 11) is 0. The lowest BCUT2D eigenvalue weighted by molar-refractivity contribution is 0.402. The molecule has 0 aliphatic carbocycles. The first-order valence-corrected chi connectivity index (χ1v) is 14.8. The maximum absolute atomic E-state index is 5.81. The molecule has 0 saturated carbocycles. The zero-order valence-electron chi connectivity index (χ0n) is 23.9. The van der Waals surface area contributed by atoms with Crippen LogP contribution in [0.25, 0.3) is 0 Å². The lowest BCUT2D eigenvalue weighted by Gasteiger charge is -2.29. The number of piperidine rings is 3. The third kappa shape index (κ3) is 12.5. The van der Waals surface area contributed by atoms with Gasteiger partial charge in [0, 0.05) is 69.4 Å². The summed E-state index contributed by atoms with van der Waals surface area (Å²) in [5.41, 5.74) is 5.81. The van der Waals surface area contributed by atoms with Crippen molar-refractivity contribution in [1.82, 2.24) is 35.2 Å². The fraction of sp³-hybridized carbons (Fsp3) is 0.586. The largest absolute Gasteiger partial charge is 0.341 e. The van der Waals surface area contributed by atoms with E-state index in [9.17, 15) is 0 Å². The van der Waals surface area contributed by atoms with Crippen molar-refractivity contribution in [3.05, 3.63) is 60.7 Å². The maximum Gasteiger partial charge on any atom is 0.225 e. The van der Waals surface area contributed by atoms with Crippen molar-refractivity contribution in [1.29, 1.82) is 0 Å². The van der Waals surface area contributed by atoms with Crippen LogP contribution in [0.1, 0.15) is 52.4 Å². The van der Waals surface area contributed by atoms with Gasteiger partial charge in [0.2, 0.25) is 17.2 Å². The molecule has 0 bridgehead atoms. The number of rotatable bonds is 2. The van der Waals surface area contributed by atoms with Gasteiger partial charge in [-0.25, -0.2) is 29.9 Å². The molecule has 3 aliphatic heterocycles. The van der Waals surface area contributed by atoms with Crippen LogP contribution in [0.15, 0.2) is 55.4 Å². The molecule has 3 aromatic rings. The van der Waals surface area contributed by atoms with E-state index in [0.717, 1.165) is 62.8 Å². The van der Waals surface area contributed by atoms with E-state index in [4.69, 9.17) is 17.3 Å². The summed E-state index contributed by atoms with van der Waals surface area (Å²) in [5, 5.41) is 3.61. The SMILES string of the molecule is CC1CCN(c2ncccn2)CC1.CC1CCNCC1.Clc1ncccn1.NC1CCN(c2ncccn2)CC1. The average Bonchev–Trinajstić information content (AvgIpc) is 3.01. The van der Waals surface area contributed by atoms with Crippen molar-refractivity contribution in [2.24, 2.45) is 17.6 Å². The Morgan fingerprint density at radius 2 is 1.00 bits per heavy atom. The predicted octanol–water partition coefficient (Wildman–Crippen LogP) is 4.25. The van der Waals surface area contributed by atoms with Crippen LogP contribution in [-0.2, 0) is 0 Å². The monoisotopic (exact) mass is 568 g/mol. The Hall–Kier alpha value is -2.95. The summed E-state index contributed by atoms with van der Waals surface area (Å²) in [6, 6.07) is 5.76. The van der Waals surface area contributed by atoms with Gasteiger partial charge in [0.25, 0.3) is 0 Å². The molecule has 6 rings (SSSR count). The fourth-order valence-electron chi connectivity index (χ4n) is 4.46.